The van der Waals surface area contributed by atoms with Crippen LogP contribution in [0.15, 0.2) is 24.4 Å². The zero-order valence-corrected chi connectivity index (χ0v) is 9.82. The van der Waals surface area contributed by atoms with Gasteiger partial charge in [0.25, 0.3) is 5.91 Å². The first-order chi connectivity index (χ1) is 6.90. The van der Waals surface area contributed by atoms with E-state index in [0.29, 0.717) is 5.69 Å². The summed E-state index contributed by atoms with van der Waals surface area (Å²) in [7, 11) is 1.81. The highest BCUT2D eigenvalue weighted by molar-refractivity contribution is 5.92. The maximum absolute atomic E-state index is 11.9. The average Bonchev–Trinajstić information content (AvgIpc) is 2.15. The van der Waals surface area contributed by atoms with Crippen molar-refractivity contribution in [2.24, 2.45) is 5.41 Å². The Balaban J connectivity index is 2.70. The van der Waals surface area contributed by atoms with Crippen molar-refractivity contribution >= 4 is 5.91 Å². The summed E-state index contributed by atoms with van der Waals surface area (Å²) >= 11 is 0. The van der Waals surface area contributed by atoms with Gasteiger partial charge in [-0.15, -0.1) is 0 Å². The van der Waals surface area contributed by atoms with Gasteiger partial charge in [-0.25, -0.2) is 0 Å². The monoisotopic (exact) mass is 206 g/mol. The lowest BCUT2D eigenvalue weighted by molar-refractivity contribution is 0.0740. The third-order valence-electron chi connectivity index (χ3n) is 1.94. The van der Waals surface area contributed by atoms with Gasteiger partial charge >= 0.3 is 0 Å². The van der Waals surface area contributed by atoms with Gasteiger partial charge in [0.1, 0.15) is 5.69 Å². The lowest BCUT2D eigenvalue weighted by atomic mass is 9.96. The molecule has 0 aliphatic rings. The van der Waals surface area contributed by atoms with E-state index < -0.39 is 0 Å². The summed E-state index contributed by atoms with van der Waals surface area (Å²) in [5.41, 5.74) is 0.614. The zero-order valence-electron chi connectivity index (χ0n) is 9.82. The number of aromatic nitrogens is 1. The summed E-state index contributed by atoms with van der Waals surface area (Å²) in [6, 6.07) is 5.37. The highest BCUT2D eigenvalue weighted by atomic mass is 16.2. The van der Waals surface area contributed by atoms with Crippen LogP contribution in [0.25, 0.3) is 0 Å². The van der Waals surface area contributed by atoms with Crippen LogP contribution in [0, 0.1) is 5.41 Å². The van der Waals surface area contributed by atoms with Crippen LogP contribution in [0.4, 0.5) is 0 Å². The zero-order chi connectivity index (χ0) is 11.5. The molecule has 3 heteroatoms. The summed E-state index contributed by atoms with van der Waals surface area (Å²) < 4.78 is 0. The second-order valence-electron chi connectivity index (χ2n) is 4.94. The molecule has 1 aromatic heterocycles. The molecule has 0 saturated carbocycles. The van der Waals surface area contributed by atoms with E-state index in [4.69, 9.17) is 0 Å². The number of pyridine rings is 1. The Hall–Kier alpha value is -1.38. The Morgan fingerprint density at radius 1 is 1.40 bits per heavy atom. The van der Waals surface area contributed by atoms with Crippen molar-refractivity contribution in [2.75, 3.05) is 13.6 Å². The lowest BCUT2D eigenvalue weighted by Gasteiger charge is -2.26. The molecule has 0 N–H and O–H groups in total. The van der Waals surface area contributed by atoms with Crippen molar-refractivity contribution in [1.82, 2.24) is 9.88 Å². The van der Waals surface area contributed by atoms with E-state index in [-0.39, 0.29) is 11.3 Å². The fourth-order valence-electron chi connectivity index (χ4n) is 1.47. The summed E-state index contributed by atoms with van der Waals surface area (Å²) in [5, 5.41) is 0. The predicted molar refractivity (Wildman–Crippen MR) is 60.7 cm³/mol. The summed E-state index contributed by atoms with van der Waals surface area (Å²) in [6.07, 6.45) is 1.64. The van der Waals surface area contributed by atoms with Crippen LogP contribution in [0.2, 0.25) is 0 Å². The summed E-state index contributed by atoms with van der Waals surface area (Å²) in [6.45, 7) is 7.04. The van der Waals surface area contributed by atoms with Gasteiger partial charge in [-0.1, -0.05) is 26.8 Å². The van der Waals surface area contributed by atoms with Crippen LogP contribution in [-0.2, 0) is 0 Å². The maximum Gasteiger partial charge on any atom is 0.272 e. The smallest absolute Gasteiger partial charge is 0.272 e. The first-order valence-electron chi connectivity index (χ1n) is 5.07. The van der Waals surface area contributed by atoms with Crippen LogP contribution in [-0.4, -0.2) is 29.4 Å². The molecule has 0 aliphatic carbocycles. The molecule has 15 heavy (non-hydrogen) atoms. The second-order valence-corrected chi connectivity index (χ2v) is 4.94. The van der Waals surface area contributed by atoms with Crippen molar-refractivity contribution in [3.05, 3.63) is 30.1 Å². The highest BCUT2D eigenvalue weighted by Gasteiger charge is 2.19. The normalized spacial score (nSPS) is 11.2. The number of amides is 1. The molecule has 1 aromatic rings. The number of carbonyl (C=O) groups excluding carboxylic acids is 1. The van der Waals surface area contributed by atoms with Crippen molar-refractivity contribution in [3.63, 3.8) is 0 Å². The lowest BCUT2D eigenvalue weighted by Crippen LogP contribution is -2.34. The van der Waals surface area contributed by atoms with Gasteiger partial charge in [-0.05, 0) is 17.5 Å². The molecule has 82 valence electrons. The molecule has 0 bridgehead atoms. The minimum Gasteiger partial charge on any atom is -0.340 e. The highest BCUT2D eigenvalue weighted by Crippen LogP contribution is 2.15. The number of rotatable bonds is 2. The standard InChI is InChI=1S/C12H18N2O/c1-12(2,3)9-14(4)11(15)10-7-5-6-8-13-10/h5-8H,9H2,1-4H3. The van der Waals surface area contributed by atoms with Gasteiger partial charge < -0.3 is 4.90 Å². The van der Waals surface area contributed by atoms with Crippen LogP contribution >= 0.6 is 0 Å². The maximum atomic E-state index is 11.9. The Labute approximate surface area is 91.1 Å². The fraction of sp³-hybridized carbons (Fsp3) is 0.500. The topological polar surface area (TPSA) is 33.2 Å². The van der Waals surface area contributed by atoms with E-state index in [1.807, 2.05) is 13.1 Å². The number of nitrogens with zero attached hydrogens (tertiary/aromatic N) is 2. The molecule has 0 spiro atoms. The second kappa shape index (κ2) is 4.43. The third-order valence-corrected chi connectivity index (χ3v) is 1.94. The van der Waals surface area contributed by atoms with E-state index in [1.54, 1.807) is 23.2 Å². The van der Waals surface area contributed by atoms with Gasteiger partial charge in [-0.2, -0.15) is 0 Å². The molecule has 0 saturated heterocycles. The minimum atomic E-state index is -0.0227. The number of hydrogen-bond donors (Lipinski definition) is 0. The quantitative estimate of drug-likeness (QED) is 0.743. The van der Waals surface area contributed by atoms with Crippen molar-refractivity contribution in [1.29, 1.82) is 0 Å². The Bertz CT molecular complexity index is 327. The molecule has 0 radical (unpaired) electrons. The Kier molecular flexibility index (Phi) is 3.45. The summed E-state index contributed by atoms with van der Waals surface area (Å²) in [4.78, 5) is 17.6. The Morgan fingerprint density at radius 3 is 2.53 bits per heavy atom. The van der Waals surface area contributed by atoms with Crippen molar-refractivity contribution in [2.45, 2.75) is 20.8 Å². The van der Waals surface area contributed by atoms with E-state index in [9.17, 15) is 4.79 Å². The van der Waals surface area contributed by atoms with E-state index in [0.717, 1.165) is 6.54 Å². The molecule has 1 heterocycles. The molecule has 0 aliphatic heterocycles. The SMILES string of the molecule is CN(CC(C)(C)C)C(=O)c1ccccn1. The van der Waals surface area contributed by atoms with Crippen LogP contribution in [0.5, 0.6) is 0 Å². The van der Waals surface area contributed by atoms with Gasteiger partial charge in [0.2, 0.25) is 0 Å². The minimum absolute atomic E-state index is 0.0227. The first kappa shape index (κ1) is 11.7. The molecule has 1 amide bonds. The van der Waals surface area contributed by atoms with Crippen LogP contribution in [0.1, 0.15) is 31.3 Å². The molecule has 1 rings (SSSR count). The Morgan fingerprint density at radius 2 is 2.07 bits per heavy atom. The van der Waals surface area contributed by atoms with Crippen molar-refractivity contribution < 1.29 is 4.79 Å². The number of carbonyl (C=O) groups is 1. The third kappa shape index (κ3) is 3.70. The largest absolute Gasteiger partial charge is 0.340 e. The van der Waals surface area contributed by atoms with Gasteiger partial charge in [0.05, 0.1) is 0 Å². The number of hydrogen-bond acceptors (Lipinski definition) is 2. The summed E-state index contributed by atoms with van der Waals surface area (Å²) in [5.74, 6) is -0.0227. The molecular weight excluding hydrogens is 188 g/mol. The fourth-order valence-corrected chi connectivity index (χ4v) is 1.47. The van der Waals surface area contributed by atoms with Gasteiger partial charge in [0, 0.05) is 19.8 Å². The molecule has 0 aromatic carbocycles. The van der Waals surface area contributed by atoms with E-state index >= 15 is 0 Å². The molecule has 0 fully saturated rings. The van der Waals surface area contributed by atoms with E-state index in [2.05, 4.69) is 25.8 Å². The van der Waals surface area contributed by atoms with Crippen molar-refractivity contribution in [3.8, 4) is 0 Å². The molecule has 0 unspecified atom stereocenters. The average molecular weight is 206 g/mol. The van der Waals surface area contributed by atoms with Gasteiger partial charge in [0.15, 0.2) is 0 Å². The van der Waals surface area contributed by atoms with E-state index in [1.165, 1.54) is 0 Å². The van der Waals surface area contributed by atoms with Crippen LogP contribution < -0.4 is 0 Å². The van der Waals surface area contributed by atoms with Crippen LogP contribution in [0.3, 0.4) is 0 Å². The van der Waals surface area contributed by atoms with Gasteiger partial charge in [-0.3, -0.25) is 9.78 Å². The molecule has 0 atom stereocenters. The molecular formula is C12H18N2O. The first-order valence-corrected chi connectivity index (χ1v) is 5.07. The predicted octanol–water partition coefficient (Wildman–Crippen LogP) is 2.20. The molecule has 3 nitrogen and oxygen atoms in total.